The molecule has 0 aromatic carbocycles. The van der Waals surface area contributed by atoms with Gasteiger partial charge in [-0.05, 0) is 70.6 Å². The third-order valence-electron chi connectivity index (χ3n) is 9.87. The highest BCUT2D eigenvalue weighted by atomic mass is 31.2. The highest BCUT2D eigenvalue weighted by Gasteiger charge is 2.26. The minimum Gasteiger partial charge on any atom is -0.462 e. The number of unbranched alkanes of at least 4 members (excludes halogenated alkanes) is 23. The number of phosphoric acid groups is 1. The summed E-state index contributed by atoms with van der Waals surface area (Å²) in [5.74, 6) is -1.04. The number of phosphoric ester groups is 1. The van der Waals surface area contributed by atoms with Gasteiger partial charge in [-0.2, -0.15) is 0 Å². The molecule has 0 bridgehead atoms. The van der Waals surface area contributed by atoms with E-state index in [0.29, 0.717) is 19.3 Å². The highest BCUT2D eigenvalue weighted by molar-refractivity contribution is 7.47. The molecule has 0 saturated heterocycles. The minimum absolute atomic E-state index is 0.0544. The van der Waals surface area contributed by atoms with E-state index < -0.39 is 32.5 Å². The number of hydrogen-bond acceptors (Lipinski definition) is 8. The molecule has 57 heavy (non-hydrogen) atoms. The topological polar surface area (TPSA) is 137 Å². The van der Waals surface area contributed by atoms with Gasteiger partial charge in [-0.15, -0.1) is 0 Å². The Morgan fingerprint density at radius 1 is 0.526 bits per heavy atom. The van der Waals surface area contributed by atoms with Crippen LogP contribution >= 0.6 is 7.82 Å². The summed E-state index contributed by atoms with van der Waals surface area (Å²) in [5.41, 5.74) is 0. The molecule has 0 aliphatic carbocycles. The number of rotatable bonds is 43. The predicted octanol–water partition coefficient (Wildman–Crippen LogP) is 13.0. The molecule has 2 atom stereocenters. The SMILES string of the molecule is CCCCCCCCC=CCCCCCCCC(=O)OCC(COP(=O)(O)OCCNC(=O)CCCC)OC(=O)CCCCCCCC=CCCCCCCCC. The first kappa shape index (κ1) is 55.0. The van der Waals surface area contributed by atoms with Crippen LogP contribution < -0.4 is 5.32 Å². The van der Waals surface area contributed by atoms with Gasteiger partial charge < -0.3 is 19.7 Å². The van der Waals surface area contributed by atoms with Crippen molar-refractivity contribution in [2.75, 3.05) is 26.4 Å². The van der Waals surface area contributed by atoms with Crippen LogP contribution in [0.4, 0.5) is 0 Å². The fourth-order valence-electron chi connectivity index (χ4n) is 6.29. The molecule has 0 rings (SSSR count). The molecular formula is C46H86NO9P. The minimum atomic E-state index is -4.51. The largest absolute Gasteiger partial charge is 0.472 e. The lowest BCUT2D eigenvalue weighted by molar-refractivity contribution is -0.161. The van der Waals surface area contributed by atoms with Crippen molar-refractivity contribution in [2.45, 2.75) is 226 Å². The maximum absolute atomic E-state index is 12.7. The fraction of sp³-hybridized carbons (Fsp3) is 0.848. The van der Waals surface area contributed by atoms with Crippen molar-refractivity contribution in [2.24, 2.45) is 0 Å². The monoisotopic (exact) mass is 828 g/mol. The van der Waals surface area contributed by atoms with Gasteiger partial charge in [0.1, 0.15) is 6.61 Å². The molecule has 0 radical (unpaired) electrons. The first-order valence-electron chi connectivity index (χ1n) is 23.3. The molecule has 0 aromatic rings. The van der Waals surface area contributed by atoms with Crippen LogP contribution in [0.1, 0.15) is 220 Å². The average Bonchev–Trinajstić information content (AvgIpc) is 3.19. The summed E-state index contributed by atoms with van der Waals surface area (Å²) in [4.78, 5) is 47.2. The van der Waals surface area contributed by atoms with Gasteiger partial charge in [0.2, 0.25) is 5.91 Å². The van der Waals surface area contributed by atoms with Crippen molar-refractivity contribution in [1.82, 2.24) is 5.32 Å². The van der Waals surface area contributed by atoms with Crippen LogP contribution in [0, 0.1) is 0 Å². The molecular weight excluding hydrogens is 741 g/mol. The number of carbonyl (C=O) groups excluding carboxylic acids is 3. The zero-order valence-electron chi connectivity index (χ0n) is 36.8. The van der Waals surface area contributed by atoms with Crippen molar-refractivity contribution in [3.8, 4) is 0 Å². The summed E-state index contributed by atoms with van der Waals surface area (Å²) >= 11 is 0. The van der Waals surface area contributed by atoms with Gasteiger partial charge in [-0.1, -0.05) is 154 Å². The first-order chi connectivity index (χ1) is 27.7. The van der Waals surface area contributed by atoms with Crippen LogP contribution in [-0.4, -0.2) is 55.2 Å². The lowest BCUT2D eigenvalue weighted by Gasteiger charge is -2.20. The Morgan fingerprint density at radius 3 is 1.42 bits per heavy atom. The Labute approximate surface area is 349 Å². The van der Waals surface area contributed by atoms with E-state index in [9.17, 15) is 23.8 Å². The highest BCUT2D eigenvalue weighted by Crippen LogP contribution is 2.43. The lowest BCUT2D eigenvalue weighted by Crippen LogP contribution is -2.30. The molecule has 0 saturated carbocycles. The van der Waals surface area contributed by atoms with E-state index in [1.54, 1.807) is 0 Å². The fourth-order valence-corrected chi connectivity index (χ4v) is 7.04. The second-order valence-electron chi connectivity index (χ2n) is 15.5. The Hall–Kier alpha value is -2.00. The number of nitrogens with one attached hydrogen (secondary N) is 1. The van der Waals surface area contributed by atoms with Gasteiger partial charge in [0.05, 0.1) is 13.2 Å². The van der Waals surface area contributed by atoms with Crippen LogP contribution in [0.15, 0.2) is 24.3 Å². The van der Waals surface area contributed by atoms with Gasteiger partial charge >= 0.3 is 19.8 Å². The molecule has 334 valence electrons. The molecule has 0 heterocycles. The van der Waals surface area contributed by atoms with E-state index in [1.807, 2.05) is 6.92 Å². The third-order valence-corrected chi connectivity index (χ3v) is 10.9. The van der Waals surface area contributed by atoms with Crippen molar-refractivity contribution in [3.63, 3.8) is 0 Å². The van der Waals surface area contributed by atoms with E-state index in [1.165, 1.54) is 89.9 Å². The number of carbonyl (C=O) groups is 3. The maximum Gasteiger partial charge on any atom is 0.472 e. The zero-order valence-corrected chi connectivity index (χ0v) is 37.7. The summed E-state index contributed by atoms with van der Waals surface area (Å²) in [6.45, 7) is 5.55. The van der Waals surface area contributed by atoms with Crippen molar-refractivity contribution >= 4 is 25.7 Å². The van der Waals surface area contributed by atoms with E-state index >= 15 is 0 Å². The van der Waals surface area contributed by atoms with Crippen LogP contribution in [0.3, 0.4) is 0 Å². The molecule has 0 aliphatic heterocycles. The Morgan fingerprint density at radius 2 is 0.947 bits per heavy atom. The standard InChI is InChI=1S/C46H86NO9P/c1-4-7-10-12-14-16-18-20-22-24-26-28-30-32-34-37-45(49)53-41-43(42-55-57(51,52)54-40-39-47-44(48)36-9-6-3)56-46(50)38-35-33-31-29-27-25-23-21-19-17-15-13-11-8-5-2/h20-23,43H,4-19,24-42H2,1-3H3,(H,47,48)(H,51,52). The zero-order chi connectivity index (χ0) is 41.9. The summed E-state index contributed by atoms with van der Waals surface area (Å²) in [6, 6.07) is 0. The van der Waals surface area contributed by atoms with Crippen LogP contribution in [-0.2, 0) is 37.5 Å². The van der Waals surface area contributed by atoms with Gasteiger partial charge in [0.15, 0.2) is 6.10 Å². The maximum atomic E-state index is 12.7. The Kier molecular flexibility index (Phi) is 40.7. The number of hydrogen-bond donors (Lipinski definition) is 2. The number of esters is 2. The summed E-state index contributed by atoms with van der Waals surface area (Å²) in [7, 11) is -4.51. The molecule has 0 aliphatic rings. The molecule has 2 N–H and O–H groups in total. The van der Waals surface area contributed by atoms with Crippen LogP contribution in [0.2, 0.25) is 0 Å². The molecule has 2 unspecified atom stereocenters. The molecule has 10 nitrogen and oxygen atoms in total. The number of allylic oxidation sites excluding steroid dienone is 4. The molecule has 0 spiro atoms. The molecule has 1 amide bonds. The van der Waals surface area contributed by atoms with Crippen molar-refractivity contribution in [1.29, 1.82) is 0 Å². The van der Waals surface area contributed by atoms with E-state index in [2.05, 4.69) is 43.5 Å². The van der Waals surface area contributed by atoms with Crippen LogP contribution in [0.25, 0.3) is 0 Å². The molecule has 0 aromatic heterocycles. The van der Waals surface area contributed by atoms with E-state index in [4.69, 9.17) is 18.5 Å². The van der Waals surface area contributed by atoms with Gasteiger partial charge in [-0.3, -0.25) is 23.4 Å². The third kappa shape index (κ3) is 41.9. The Balaban J connectivity index is 4.48. The number of ether oxygens (including phenoxy) is 2. The second-order valence-corrected chi connectivity index (χ2v) is 17.0. The summed E-state index contributed by atoms with van der Waals surface area (Å²) < 4.78 is 33.5. The average molecular weight is 828 g/mol. The van der Waals surface area contributed by atoms with Gasteiger partial charge in [0.25, 0.3) is 0 Å². The Bertz CT molecular complexity index is 1050. The molecule has 11 heteroatoms. The first-order valence-corrected chi connectivity index (χ1v) is 24.8. The van der Waals surface area contributed by atoms with Gasteiger partial charge in [0, 0.05) is 25.8 Å². The summed E-state index contributed by atoms with van der Waals surface area (Å²) in [5, 5.41) is 2.63. The predicted molar refractivity (Wildman–Crippen MR) is 234 cm³/mol. The van der Waals surface area contributed by atoms with Gasteiger partial charge in [-0.25, -0.2) is 4.57 Å². The van der Waals surface area contributed by atoms with Crippen molar-refractivity contribution < 1.29 is 42.4 Å². The van der Waals surface area contributed by atoms with E-state index in [-0.39, 0.29) is 38.5 Å². The lowest BCUT2D eigenvalue weighted by atomic mass is 10.1. The second kappa shape index (κ2) is 42.1. The number of amides is 1. The van der Waals surface area contributed by atoms with Crippen LogP contribution in [0.5, 0.6) is 0 Å². The quantitative estimate of drug-likeness (QED) is 0.0266. The summed E-state index contributed by atoms with van der Waals surface area (Å²) in [6.07, 6.45) is 40.8. The van der Waals surface area contributed by atoms with E-state index in [0.717, 1.165) is 77.0 Å². The van der Waals surface area contributed by atoms with Crippen molar-refractivity contribution in [3.05, 3.63) is 24.3 Å². The normalized spacial score (nSPS) is 13.3. The smallest absolute Gasteiger partial charge is 0.462 e. The molecule has 0 fully saturated rings.